The zero-order chi connectivity index (χ0) is 11.5. The number of nitrogens with one attached hydrogen (secondary N) is 1. The van der Waals surface area contributed by atoms with E-state index in [2.05, 4.69) is 5.32 Å². The fourth-order valence-electron chi connectivity index (χ4n) is 1.60. The minimum atomic E-state index is -0.756. The summed E-state index contributed by atoms with van der Waals surface area (Å²) < 4.78 is 5.07. The van der Waals surface area contributed by atoms with Crippen LogP contribution < -0.4 is 10.1 Å². The summed E-state index contributed by atoms with van der Waals surface area (Å²) in [5, 5.41) is 11.8. The van der Waals surface area contributed by atoms with Gasteiger partial charge in [-0.3, -0.25) is 10.1 Å². The van der Waals surface area contributed by atoms with E-state index >= 15 is 0 Å². The number of hydrogen-bond acceptors (Lipinski definition) is 4. The van der Waals surface area contributed by atoms with E-state index in [1.54, 1.807) is 7.11 Å². The smallest absolute Gasteiger partial charge is 0.318 e. The monoisotopic (exact) mass is 239 g/mol. The second-order valence-electron chi connectivity index (χ2n) is 3.52. The first-order chi connectivity index (χ1) is 7.70. The van der Waals surface area contributed by atoms with Crippen molar-refractivity contribution in [1.29, 1.82) is 0 Å². The van der Waals surface area contributed by atoms with E-state index in [9.17, 15) is 4.79 Å². The molecule has 86 valence electrons. The number of benzene rings is 1. The van der Waals surface area contributed by atoms with Crippen LogP contribution in [-0.4, -0.2) is 30.0 Å². The average molecular weight is 239 g/mol. The number of methoxy groups -OCH3 is 1. The van der Waals surface area contributed by atoms with E-state index in [4.69, 9.17) is 9.84 Å². The molecule has 1 aromatic rings. The normalized spacial score (nSPS) is 24.3. The van der Waals surface area contributed by atoms with Gasteiger partial charge in [-0.15, -0.1) is 11.8 Å². The molecule has 2 atom stereocenters. The molecule has 0 unspecified atom stereocenters. The predicted octanol–water partition coefficient (Wildman–Crippen LogP) is 1.48. The number of hydrogen-bond donors (Lipinski definition) is 2. The molecule has 0 saturated carbocycles. The Bertz CT molecular complexity index is 379. The lowest BCUT2D eigenvalue weighted by Crippen LogP contribution is -2.21. The molecule has 1 aliphatic heterocycles. The summed E-state index contributed by atoms with van der Waals surface area (Å²) in [4.78, 5) is 10.8. The molecular weight excluding hydrogens is 226 g/mol. The summed E-state index contributed by atoms with van der Waals surface area (Å²) in [6.45, 7) is 0.511. The maximum absolute atomic E-state index is 10.8. The minimum absolute atomic E-state index is 0.0620. The number of carboxylic acid groups (broad SMARTS) is 1. The molecule has 0 aromatic heterocycles. The van der Waals surface area contributed by atoms with Crippen molar-refractivity contribution in [3.8, 4) is 5.75 Å². The van der Waals surface area contributed by atoms with Crippen molar-refractivity contribution in [3.63, 3.8) is 0 Å². The molecule has 0 radical (unpaired) electrons. The van der Waals surface area contributed by atoms with Crippen LogP contribution in [0.1, 0.15) is 10.9 Å². The zero-order valence-corrected chi connectivity index (χ0v) is 9.66. The highest BCUT2D eigenvalue weighted by atomic mass is 32.2. The summed E-state index contributed by atoms with van der Waals surface area (Å²) in [5.41, 5.74) is 1.08. The van der Waals surface area contributed by atoms with Crippen molar-refractivity contribution in [2.24, 2.45) is 0 Å². The van der Waals surface area contributed by atoms with Crippen molar-refractivity contribution in [2.75, 3.05) is 13.7 Å². The Hall–Kier alpha value is -1.20. The molecule has 0 bridgehead atoms. The van der Waals surface area contributed by atoms with Gasteiger partial charge in [-0.2, -0.15) is 0 Å². The van der Waals surface area contributed by atoms with Crippen LogP contribution in [0.3, 0.4) is 0 Å². The zero-order valence-electron chi connectivity index (χ0n) is 8.84. The molecule has 0 amide bonds. The van der Waals surface area contributed by atoms with Crippen LogP contribution in [0.25, 0.3) is 0 Å². The average Bonchev–Trinajstić information content (AvgIpc) is 2.78. The summed E-state index contributed by atoms with van der Waals surface area (Å²) in [5.74, 6) is 0.0510. The second-order valence-corrected chi connectivity index (χ2v) is 4.84. The van der Waals surface area contributed by atoms with Gasteiger partial charge in [0.25, 0.3) is 0 Å². The molecule has 0 spiro atoms. The summed E-state index contributed by atoms with van der Waals surface area (Å²) in [6.07, 6.45) is 0. The van der Waals surface area contributed by atoms with Gasteiger partial charge >= 0.3 is 5.97 Å². The fourth-order valence-corrected chi connectivity index (χ4v) is 2.74. The number of ether oxygens (including phenoxy) is 1. The standard InChI is InChI=1S/C11H13NO3S/c1-15-8-4-2-7(3-5-8)10-12-6-9(16-10)11(13)14/h2-5,9-10,12H,6H2,1H3,(H,13,14)/t9-,10+/m1/s1. The predicted molar refractivity (Wildman–Crippen MR) is 62.8 cm³/mol. The quantitative estimate of drug-likeness (QED) is 0.836. The van der Waals surface area contributed by atoms with Gasteiger partial charge in [-0.25, -0.2) is 0 Å². The molecule has 2 N–H and O–H groups in total. The lowest BCUT2D eigenvalue weighted by molar-refractivity contribution is -0.136. The van der Waals surface area contributed by atoms with Crippen molar-refractivity contribution >= 4 is 17.7 Å². The summed E-state index contributed by atoms with van der Waals surface area (Å²) in [7, 11) is 1.62. The Kier molecular flexibility index (Phi) is 3.36. The molecule has 1 saturated heterocycles. The van der Waals surface area contributed by atoms with E-state index in [-0.39, 0.29) is 10.6 Å². The third-order valence-electron chi connectivity index (χ3n) is 2.48. The van der Waals surface area contributed by atoms with Crippen LogP contribution in [0.2, 0.25) is 0 Å². The maximum atomic E-state index is 10.8. The molecule has 16 heavy (non-hydrogen) atoms. The Morgan fingerprint density at radius 3 is 2.69 bits per heavy atom. The Morgan fingerprint density at radius 2 is 2.19 bits per heavy atom. The van der Waals surface area contributed by atoms with Crippen molar-refractivity contribution in [2.45, 2.75) is 10.6 Å². The maximum Gasteiger partial charge on any atom is 0.318 e. The van der Waals surface area contributed by atoms with Gasteiger partial charge in [-0.1, -0.05) is 12.1 Å². The molecular formula is C11H13NO3S. The summed E-state index contributed by atoms with van der Waals surface area (Å²) >= 11 is 1.43. The largest absolute Gasteiger partial charge is 0.497 e. The first-order valence-electron chi connectivity index (χ1n) is 4.96. The van der Waals surface area contributed by atoms with Gasteiger partial charge < -0.3 is 9.84 Å². The van der Waals surface area contributed by atoms with E-state index in [0.717, 1.165) is 11.3 Å². The van der Waals surface area contributed by atoms with E-state index in [1.165, 1.54) is 11.8 Å². The van der Waals surface area contributed by atoms with Crippen LogP contribution >= 0.6 is 11.8 Å². The van der Waals surface area contributed by atoms with Gasteiger partial charge in [0.2, 0.25) is 0 Å². The lowest BCUT2D eigenvalue weighted by Gasteiger charge is -2.10. The van der Waals surface area contributed by atoms with Crippen LogP contribution in [0.4, 0.5) is 0 Å². The first-order valence-corrected chi connectivity index (χ1v) is 5.90. The van der Waals surface area contributed by atoms with Crippen molar-refractivity contribution in [1.82, 2.24) is 5.32 Å². The van der Waals surface area contributed by atoms with Gasteiger partial charge in [0.05, 0.1) is 12.5 Å². The highest BCUT2D eigenvalue weighted by Gasteiger charge is 2.30. The number of aliphatic carboxylic acids is 1. The summed E-state index contributed by atoms with van der Waals surface area (Å²) in [6, 6.07) is 7.67. The highest BCUT2D eigenvalue weighted by Crippen LogP contribution is 2.35. The first kappa shape index (κ1) is 11.3. The topological polar surface area (TPSA) is 58.6 Å². The van der Waals surface area contributed by atoms with Crippen LogP contribution in [0, 0.1) is 0 Å². The molecule has 0 aliphatic carbocycles. The van der Waals surface area contributed by atoms with E-state index in [0.29, 0.717) is 6.54 Å². The van der Waals surface area contributed by atoms with Crippen LogP contribution in [-0.2, 0) is 4.79 Å². The van der Waals surface area contributed by atoms with Gasteiger partial charge in [0, 0.05) is 6.54 Å². The molecule has 1 heterocycles. The highest BCUT2D eigenvalue weighted by molar-refractivity contribution is 8.01. The Balaban J connectivity index is 2.05. The number of carboxylic acids is 1. The molecule has 1 fully saturated rings. The second kappa shape index (κ2) is 4.76. The van der Waals surface area contributed by atoms with Crippen LogP contribution in [0.5, 0.6) is 5.75 Å². The van der Waals surface area contributed by atoms with Crippen molar-refractivity contribution < 1.29 is 14.6 Å². The van der Waals surface area contributed by atoms with Crippen LogP contribution in [0.15, 0.2) is 24.3 Å². The Morgan fingerprint density at radius 1 is 1.50 bits per heavy atom. The minimum Gasteiger partial charge on any atom is -0.497 e. The van der Waals surface area contributed by atoms with Crippen molar-refractivity contribution in [3.05, 3.63) is 29.8 Å². The number of carbonyl (C=O) groups is 1. The molecule has 2 rings (SSSR count). The molecule has 4 nitrogen and oxygen atoms in total. The SMILES string of the molecule is COc1ccc([C@H]2NC[C@H](C(=O)O)S2)cc1. The van der Waals surface area contributed by atoms with Gasteiger partial charge in [-0.05, 0) is 17.7 Å². The van der Waals surface area contributed by atoms with E-state index in [1.807, 2.05) is 24.3 Å². The number of thioether (sulfide) groups is 1. The third kappa shape index (κ3) is 2.31. The molecule has 1 aromatic carbocycles. The van der Waals surface area contributed by atoms with E-state index < -0.39 is 5.97 Å². The third-order valence-corrected chi connectivity index (χ3v) is 3.89. The molecule has 1 aliphatic rings. The van der Waals surface area contributed by atoms with Gasteiger partial charge in [0.1, 0.15) is 11.0 Å². The molecule has 5 heteroatoms. The fraction of sp³-hybridized carbons (Fsp3) is 0.364. The number of rotatable bonds is 3. The Labute approximate surface area is 98.0 Å². The van der Waals surface area contributed by atoms with Gasteiger partial charge in [0.15, 0.2) is 0 Å². The lowest BCUT2D eigenvalue weighted by atomic mass is 10.2.